The zero-order chi connectivity index (χ0) is 16.1. The number of rotatable bonds is 4. The van der Waals surface area contributed by atoms with Crippen LogP contribution in [0.25, 0.3) is 11.3 Å². The number of aromatic nitrogens is 1. The highest BCUT2D eigenvalue weighted by atomic mass is 16.5. The number of ether oxygens (including phenoxy) is 2. The first-order chi connectivity index (χ1) is 11.3. The van der Waals surface area contributed by atoms with E-state index in [1.165, 1.54) is 13.3 Å². The standard InChI is InChI=1S/C19H15NO3/c1-22-19(21)15-9-12-18(20-13-15)14-7-10-17(11-8-14)23-16-5-3-2-4-6-16/h2-13H,1H3. The van der Waals surface area contributed by atoms with Gasteiger partial charge >= 0.3 is 5.97 Å². The number of hydrogen-bond acceptors (Lipinski definition) is 4. The normalized spacial score (nSPS) is 10.1. The van der Waals surface area contributed by atoms with Gasteiger partial charge in [0.2, 0.25) is 0 Å². The second-order valence-electron chi connectivity index (χ2n) is 4.86. The van der Waals surface area contributed by atoms with E-state index in [4.69, 9.17) is 4.74 Å². The van der Waals surface area contributed by atoms with Crippen LogP contribution >= 0.6 is 0 Å². The minimum absolute atomic E-state index is 0.393. The van der Waals surface area contributed by atoms with Crippen molar-refractivity contribution in [2.75, 3.05) is 7.11 Å². The molecule has 3 rings (SSSR count). The van der Waals surface area contributed by atoms with E-state index in [1.807, 2.05) is 54.6 Å². The van der Waals surface area contributed by atoms with Gasteiger partial charge in [0.05, 0.1) is 18.4 Å². The van der Waals surface area contributed by atoms with Crippen molar-refractivity contribution in [2.45, 2.75) is 0 Å². The first-order valence-electron chi connectivity index (χ1n) is 7.14. The van der Waals surface area contributed by atoms with Crippen LogP contribution in [0.5, 0.6) is 11.5 Å². The van der Waals surface area contributed by atoms with E-state index in [1.54, 1.807) is 12.1 Å². The van der Waals surface area contributed by atoms with Gasteiger partial charge in [0.1, 0.15) is 11.5 Å². The van der Waals surface area contributed by atoms with Crippen LogP contribution in [0, 0.1) is 0 Å². The zero-order valence-electron chi connectivity index (χ0n) is 12.6. The number of carbonyl (C=O) groups is 1. The van der Waals surface area contributed by atoms with E-state index < -0.39 is 5.97 Å². The van der Waals surface area contributed by atoms with E-state index in [2.05, 4.69) is 9.72 Å². The third kappa shape index (κ3) is 3.55. The molecule has 1 aromatic heterocycles. The molecule has 0 aliphatic carbocycles. The number of methoxy groups -OCH3 is 1. The van der Waals surface area contributed by atoms with Crippen LogP contribution in [0.15, 0.2) is 72.9 Å². The summed E-state index contributed by atoms with van der Waals surface area (Å²) < 4.78 is 10.4. The summed E-state index contributed by atoms with van der Waals surface area (Å²) in [6.45, 7) is 0. The van der Waals surface area contributed by atoms with Crippen molar-refractivity contribution >= 4 is 5.97 Å². The van der Waals surface area contributed by atoms with E-state index in [0.29, 0.717) is 5.56 Å². The maximum atomic E-state index is 11.4. The van der Waals surface area contributed by atoms with Gasteiger partial charge in [-0.1, -0.05) is 18.2 Å². The molecule has 0 saturated carbocycles. The summed E-state index contributed by atoms with van der Waals surface area (Å²) in [6, 6.07) is 20.7. The quantitative estimate of drug-likeness (QED) is 0.673. The number of para-hydroxylation sites is 1. The number of benzene rings is 2. The van der Waals surface area contributed by atoms with Crippen LogP contribution < -0.4 is 4.74 Å². The second-order valence-corrected chi connectivity index (χ2v) is 4.86. The molecule has 0 amide bonds. The summed E-state index contributed by atoms with van der Waals surface area (Å²) in [5, 5.41) is 0. The Morgan fingerprint density at radius 3 is 2.17 bits per heavy atom. The van der Waals surface area contributed by atoms with Gasteiger partial charge in [-0.05, 0) is 48.5 Å². The molecule has 4 heteroatoms. The number of carbonyl (C=O) groups excluding carboxylic acids is 1. The molecule has 0 saturated heterocycles. The SMILES string of the molecule is COC(=O)c1ccc(-c2ccc(Oc3ccccc3)cc2)nc1. The average molecular weight is 305 g/mol. The lowest BCUT2D eigenvalue weighted by Gasteiger charge is -2.07. The minimum atomic E-state index is -0.393. The molecule has 0 aliphatic heterocycles. The fourth-order valence-corrected chi connectivity index (χ4v) is 2.12. The van der Waals surface area contributed by atoms with Crippen LogP contribution in [-0.4, -0.2) is 18.1 Å². The van der Waals surface area contributed by atoms with Gasteiger partial charge in [-0.25, -0.2) is 4.79 Å². The third-order valence-corrected chi connectivity index (χ3v) is 3.31. The van der Waals surface area contributed by atoms with E-state index in [0.717, 1.165) is 22.8 Å². The summed E-state index contributed by atoms with van der Waals surface area (Å²) in [5.41, 5.74) is 2.16. The maximum absolute atomic E-state index is 11.4. The summed E-state index contributed by atoms with van der Waals surface area (Å²) in [7, 11) is 1.35. The van der Waals surface area contributed by atoms with Crippen LogP contribution in [0.1, 0.15) is 10.4 Å². The molecular weight excluding hydrogens is 290 g/mol. The Hall–Kier alpha value is -3.14. The topological polar surface area (TPSA) is 48.4 Å². The highest BCUT2D eigenvalue weighted by Crippen LogP contribution is 2.24. The van der Waals surface area contributed by atoms with Crippen LogP contribution in [0.4, 0.5) is 0 Å². The molecule has 114 valence electrons. The molecule has 0 N–H and O–H groups in total. The Balaban J connectivity index is 1.75. The lowest BCUT2D eigenvalue weighted by molar-refractivity contribution is 0.0600. The molecule has 0 unspecified atom stereocenters. The monoisotopic (exact) mass is 305 g/mol. The summed E-state index contributed by atoms with van der Waals surface area (Å²) in [4.78, 5) is 15.7. The Bertz CT molecular complexity index is 781. The third-order valence-electron chi connectivity index (χ3n) is 3.31. The molecule has 3 aromatic rings. The molecule has 0 radical (unpaired) electrons. The van der Waals surface area contributed by atoms with Crippen LogP contribution in [0.2, 0.25) is 0 Å². The van der Waals surface area contributed by atoms with Crippen molar-refractivity contribution in [3.05, 3.63) is 78.5 Å². The average Bonchev–Trinajstić information content (AvgIpc) is 2.63. The highest BCUT2D eigenvalue weighted by molar-refractivity contribution is 5.89. The van der Waals surface area contributed by atoms with E-state index in [9.17, 15) is 4.79 Å². The molecule has 0 bridgehead atoms. The van der Waals surface area contributed by atoms with Gasteiger partial charge < -0.3 is 9.47 Å². The van der Waals surface area contributed by atoms with Gasteiger partial charge in [0.25, 0.3) is 0 Å². The number of esters is 1. The molecule has 23 heavy (non-hydrogen) atoms. The summed E-state index contributed by atoms with van der Waals surface area (Å²) in [5.74, 6) is 1.16. The van der Waals surface area contributed by atoms with Gasteiger partial charge in [-0.3, -0.25) is 4.98 Å². The summed E-state index contributed by atoms with van der Waals surface area (Å²) in [6.07, 6.45) is 1.51. The maximum Gasteiger partial charge on any atom is 0.339 e. The van der Waals surface area contributed by atoms with Gasteiger partial charge in [0.15, 0.2) is 0 Å². The first kappa shape index (κ1) is 14.8. The smallest absolute Gasteiger partial charge is 0.339 e. The van der Waals surface area contributed by atoms with Crippen LogP contribution in [0.3, 0.4) is 0 Å². The van der Waals surface area contributed by atoms with Crippen molar-refractivity contribution < 1.29 is 14.3 Å². The molecule has 0 aliphatic rings. The Morgan fingerprint density at radius 1 is 0.870 bits per heavy atom. The lowest BCUT2D eigenvalue weighted by Crippen LogP contribution is -2.01. The summed E-state index contributed by atoms with van der Waals surface area (Å²) >= 11 is 0. The van der Waals surface area contributed by atoms with Gasteiger partial charge in [0, 0.05) is 11.8 Å². The largest absolute Gasteiger partial charge is 0.465 e. The number of hydrogen-bond donors (Lipinski definition) is 0. The molecular formula is C19H15NO3. The molecule has 0 atom stereocenters. The number of pyridine rings is 1. The van der Waals surface area contributed by atoms with Crippen molar-refractivity contribution in [3.8, 4) is 22.8 Å². The second kappa shape index (κ2) is 6.75. The van der Waals surface area contributed by atoms with Crippen molar-refractivity contribution in [2.24, 2.45) is 0 Å². The van der Waals surface area contributed by atoms with Gasteiger partial charge in [-0.2, -0.15) is 0 Å². The fourth-order valence-electron chi connectivity index (χ4n) is 2.12. The van der Waals surface area contributed by atoms with Crippen molar-refractivity contribution in [1.29, 1.82) is 0 Å². The zero-order valence-corrected chi connectivity index (χ0v) is 12.6. The molecule has 0 fully saturated rings. The fraction of sp³-hybridized carbons (Fsp3) is 0.0526. The molecule has 0 spiro atoms. The Kier molecular flexibility index (Phi) is 4.34. The van der Waals surface area contributed by atoms with E-state index >= 15 is 0 Å². The molecule has 2 aromatic carbocycles. The minimum Gasteiger partial charge on any atom is -0.465 e. The predicted octanol–water partition coefficient (Wildman–Crippen LogP) is 4.33. The van der Waals surface area contributed by atoms with Gasteiger partial charge in [-0.15, -0.1) is 0 Å². The predicted molar refractivity (Wildman–Crippen MR) is 87.5 cm³/mol. The lowest BCUT2D eigenvalue weighted by atomic mass is 10.1. The Morgan fingerprint density at radius 2 is 1.57 bits per heavy atom. The number of nitrogens with zero attached hydrogens (tertiary/aromatic N) is 1. The highest BCUT2D eigenvalue weighted by Gasteiger charge is 2.06. The van der Waals surface area contributed by atoms with Crippen molar-refractivity contribution in [1.82, 2.24) is 4.98 Å². The molecule has 1 heterocycles. The van der Waals surface area contributed by atoms with Crippen LogP contribution in [-0.2, 0) is 4.74 Å². The Labute approximate surface area is 134 Å². The van der Waals surface area contributed by atoms with E-state index in [-0.39, 0.29) is 0 Å². The molecule has 4 nitrogen and oxygen atoms in total. The van der Waals surface area contributed by atoms with Crippen molar-refractivity contribution in [3.63, 3.8) is 0 Å². The first-order valence-corrected chi connectivity index (χ1v) is 7.14.